The third kappa shape index (κ3) is 6.65. The lowest BCUT2D eigenvalue weighted by Gasteiger charge is -2.35. The molecule has 31 heavy (non-hydrogen) atoms. The molecule has 0 saturated heterocycles. The van der Waals surface area contributed by atoms with Gasteiger partial charge in [-0.15, -0.1) is 0 Å². The van der Waals surface area contributed by atoms with Crippen molar-refractivity contribution in [3.63, 3.8) is 0 Å². The zero-order valence-electron chi connectivity index (χ0n) is 18.4. The van der Waals surface area contributed by atoms with Gasteiger partial charge in [-0.25, -0.2) is 0 Å². The van der Waals surface area contributed by atoms with E-state index in [1.165, 1.54) is 7.11 Å². The summed E-state index contributed by atoms with van der Waals surface area (Å²) in [5, 5.41) is 19.6. The second-order valence-corrected chi connectivity index (χ2v) is 9.38. The van der Waals surface area contributed by atoms with Crippen molar-refractivity contribution < 1.29 is 38.8 Å². The lowest BCUT2D eigenvalue weighted by atomic mass is 9.81. The summed E-state index contributed by atoms with van der Waals surface area (Å²) in [5.41, 5.74) is 0. The number of rotatable bonds is 7. The van der Waals surface area contributed by atoms with Crippen LogP contribution < -0.4 is 0 Å². The molecule has 0 aliphatic heterocycles. The third-order valence-corrected chi connectivity index (χ3v) is 7.36. The minimum Gasteiger partial charge on any atom is -0.481 e. The first kappa shape index (κ1) is 24.0. The molecule has 0 bridgehead atoms. The Morgan fingerprint density at radius 2 is 1.19 bits per heavy atom. The molecule has 3 saturated carbocycles. The molecule has 0 radical (unpaired) electrons. The predicted octanol–water partition coefficient (Wildman–Crippen LogP) is 3.05. The van der Waals surface area contributed by atoms with Crippen LogP contribution in [0.1, 0.15) is 77.0 Å². The van der Waals surface area contributed by atoms with Crippen molar-refractivity contribution in [2.24, 2.45) is 23.7 Å². The SMILES string of the molecule is COC(=O)C1CCC(C(O)OC2CCC(OC(=O)C3CCC(C(=O)O)CC3)CC2)CC1. The number of hydrogen-bond acceptors (Lipinski definition) is 7. The zero-order chi connectivity index (χ0) is 22.4. The maximum atomic E-state index is 12.4. The summed E-state index contributed by atoms with van der Waals surface area (Å²) >= 11 is 0. The largest absolute Gasteiger partial charge is 0.481 e. The molecule has 0 spiro atoms. The molecular formula is C23H36O8. The summed E-state index contributed by atoms with van der Waals surface area (Å²) in [7, 11) is 1.41. The number of carbonyl (C=O) groups excluding carboxylic acids is 2. The fourth-order valence-electron chi connectivity index (χ4n) is 5.24. The fourth-order valence-corrected chi connectivity index (χ4v) is 5.24. The summed E-state index contributed by atoms with van der Waals surface area (Å²) in [6, 6.07) is 0. The Labute approximate surface area is 183 Å². The van der Waals surface area contributed by atoms with Crippen LogP contribution in [-0.2, 0) is 28.6 Å². The van der Waals surface area contributed by atoms with Crippen molar-refractivity contribution in [1.82, 2.24) is 0 Å². The number of carboxylic acid groups (broad SMARTS) is 1. The van der Waals surface area contributed by atoms with Crippen LogP contribution in [0.15, 0.2) is 0 Å². The smallest absolute Gasteiger partial charge is 0.309 e. The second kappa shape index (κ2) is 11.3. The highest BCUT2D eigenvalue weighted by Gasteiger charge is 2.35. The summed E-state index contributed by atoms with van der Waals surface area (Å²) < 4.78 is 16.4. The minimum atomic E-state index is -0.827. The third-order valence-electron chi connectivity index (χ3n) is 7.36. The number of esters is 2. The van der Waals surface area contributed by atoms with E-state index in [-0.39, 0.29) is 47.8 Å². The number of carboxylic acids is 1. The van der Waals surface area contributed by atoms with Crippen molar-refractivity contribution in [3.05, 3.63) is 0 Å². The van der Waals surface area contributed by atoms with Gasteiger partial charge in [-0.1, -0.05) is 0 Å². The fraction of sp³-hybridized carbons (Fsp3) is 0.870. The van der Waals surface area contributed by atoms with Crippen LogP contribution in [0.5, 0.6) is 0 Å². The molecule has 0 aromatic heterocycles. The van der Waals surface area contributed by atoms with Crippen LogP contribution in [0.4, 0.5) is 0 Å². The van der Waals surface area contributed by atoms with Gasteiger partial charge in [0.15, 0.2) is 6.29 Å². The molecular weight excluding hydrogens is 404 g/mol. The van der Waals surface area contributed by atoms with E-state index in [0.29, 0.717) is 38.5 Å². The summed E-state index contributed by atoms with van der Waals surface area (Å²) in [4.78, 5) is 35.1. The molecule has 3 fully saturated rings. The van der Waals surface area contributed by atoms with Gasteiger partial charge in [0.1, 0.15) is 6.10 Å². The summed E-state index contributed by atoms with van der Waals surface area (Å²) in [6.45, 7) is 0. The Hall–Kier alpha value is -1.67. The van der Waals surface area contributed by atoms with Crippen molar-refractivity contribution in [1.29, 1.82) is 0 Å². The van der Waals surface area contributed by atoms with Crippen LogP contribution >= 0.6 is 0 Å². The number of ether oxygens (including phenoxy) is 3. The normalized spacial score (nSPS) is 35.0. The number of aliphatic hydroxyl groups excluding tert-OH is 1. The average molecular weight is 441 g/mol. The lowest BCUT2D eigenvalue weighted by Crippen LogP contribution is -2.36. The van der Waals surface area contributed by atoms with E-state index in [9.17, 15) is 19.5 Å². The van der Waals surface area contributed by atoms with Crippen LogP contribution in [0.25, 0.3) is 0 Å². The van der Waals surface area contributed by atoms with Crippen LogP contribution in [0.2, 0.25) is 0 Å². The average Bonchev–Trinajstić information content (AvgIpc) is 2.80. The van der Waals surface area contributed by atoms with Gasteiger partial charge < -0.3 is 24.4 Å². The molecule has 0 heterocycles. The Morgan fingerprint density at radius 3 is 1.74 bits per heavy atom. The Bertz CT molecular complexity index is 611. The summed E-state index contributed by atoms with van der Waals surface area (Å²) in [6.07, 6.45) is 7.06. The molecule has 1 atom stereocenters. The van der Waals surface area contributed by atoms with E-state index in [0.717, 1.165) is 38.5 Å². The molecule has 0 amide bonds. The molecule has 2 N–H and O–H groups in total. The van der Waals surface area contributed by atoms with Crippen molar-refractivity contribution in [2.75, 3.05) is 7.11 Å². The van der Waals surface area contributed by atoms with Gasteiger partial charge in [0.25, 0.3) is 0 Å². The van der Waals surface area contributed by atoms with E-state index in [1.54, 1.807) is 0 Å². The molecule has 1 unspecified atom stereocenters. The van der Waals surface area contributed by atoms with Crippen molar-refractivity contribution in [3.8, 4) is 0 Å². The van der Waals surface area contributed by atoms with Crippen molar-refractivity contribution in [2.45, 2.75) is 95.5 Å². The van der Waals surface area contributed by atoms with Gasteiger partial charge in [-0.2, -0.15) is 0 Å². The van der Waals surface area contributed by atoms with Crippen LogP contribution in [0.3, 0.4) is 0 Å². The number of methoxy groups -OCH3 is 1. The first-order valence-electron chi connectivity index (χ1n) is 11.7. The topological polar surface area (TPSA) is 119 Å². The lowest BCUT2D eigenvalue weighted by molar-refractivity contribution is -0.187. The maximum absolute atomic E-state index is 12.4. The highest BCUT2D eigenvalue weighted by atomic mass is 16.6. The van der Waals surface area contributed by atoms with Gasteiger partial charge in [0.05, 0.1) is 31.0 Å². The highest BCUT2D eigenvalue weighted by Crippen LogP contribution is 2.35. The predicted molar refractivity (Wildman–Crippen MR) is 110 cm³/mol. The quantitative estimate of drug-likeness (QED) is 0.458. The van der Waals surface area contributed by atoms with E-state index in [2.05, 4.69) is 0 Å². The van der Waals surface area contributed by atoms with Crippen molar-refractivity contribution >= 4 is 17.9 Å². The first-order valence-corrected chi connectivity index (χ1v) is 11.7. The van der Waals surface area contributed by atoms with E-state index in [4.69, 9.17) is 19.3 Å². The molecule has 176 valence electrons. The Balaban J connectivity index is 1.33. The molecule has 3 aliphatic carbocycles. The summed E-state index contributed by atoms with van der Waals surface area (Å²) in [5.74, 6) is -1.70. The Kier molecular flexibility index (Phi) is 8.72. The number of aliphatic hydroxyl groups is 1. The van der Waals surface area contributed by atoms with Gasteiger partial charge in [-0.3, -0.25) is 14.4 Å². The Morgan fingerprint density at radius 1 is 0.710 bits per heavy atom. The molecule has 3 aliphatic rings. The molecule has 8 heteroatoms. The highest BCUT2D eigenvalue weighted by molar-refractivity contribution is 5.74. The molecule has 3 rings (SSSR count). The number of aliphatic carboxylic acids is 1. The molecule has 0 aromatic rings. The monoisotopic (exact) mass is 440 g/mol. The first-order chi connectivity index (χ1) is 14.9. The number of hydrogen-bond donors (Lipinski definition) is 2. The van der Waals surface area contributed by atoms with Gasteiger partial charge in [0, 0.05) is 5.92 Å². The standard InChI is InChI=1S/C23H36O8/c1-29-21(26)15-6-8-17(9-7-15)23(28)31-19-12-10-18(11-13-19)30-22(27)16-4-2-14(3-5-16)20(24)25/h14-19,23,28H,2-13H2,1H3,(H,24,25). The van der Waals surface area contributed by atoms with Crippen LogP contribution in [0, 0.1) is 23.7 Å². The van der Waals surface area contributed by atoms with Gasteiger partial charge >= 0.3 is 17.9 Å². The van der Waals surface area contributed by atoms with E-state index >= 15 is 0 Å². The minimum absolute atomic E-state index is 0.0392. The van der Waals surface area contributed by atoms with E-state index in [1.807, 2.05) is 0 Å². The van der Waals surface area contributed by atoms with Crippen LogP contribution in [-0.4, -0.2) is 53.7 Å². The number of carbonyl (C=O) groups is 3. The molecule has 0 aromatic carbocycles. The maximum Gasteiger partial charge on any atom is 0.309 e. The zero-order valence-corrected chi connectivity index (χ0v) is 18.4. The van der Waals surface area contributed by atoms with Gasteiger partial charge in [0.2, 0.25) is 0 Å². The molecule has 8 nitrogen and oxygen atoms in total. The second-order valence-electron chi connectivity index (χ2n) is 9.38. The van der Waals surface area contributed by atoms with Gasteiger partial charge in [-0.05, 0) is 77.0 Å². The van der Waals surface area contributed by atoms with E-state index < -0.39 is 12.3 Å².